The third-order valence-electron chi connectivity index (χ3n) is 5.33. The van der Waals surface area contributed by atoms with Gasteiger partial charge in [-0.3, -0.25) is 19.3 Å². The maximum Gasteiger partial charge on any atom is 0.325 e. The molecule has 6 heteroatoms. The molecule has 30 heavy (non-hydrogen) atoms. The molecule has 1 aromatic carbocycles. The second kappa shape index (κ2) is 14.2. The van der Waals surface area contributed by atoms with Gasteiger partial charge in [-0.05, 0) is 43.9 Å². The van der Waals surface area contributed by atoms with Crippen LogP contribution in [0.25, 0.3) is 0 Å². The Morgan fingerprint density at radius 3 is 2.17 bits per heavy atom. The lowest BCUT2D eigenvalue weighted by Crippen LogP contribution is -2.38. The highest BCUT2D eigenvalue weighted by Gasteiger charge is 2.24. The minimum atomic E-state index is -0.483. The zero-order valence-electron chi connectivity index (χ0n) is 19.2. The summed E-state index contributed by atoms with van der Waals surface area (Å²) in [6.45, 7) is 7.86. The molecule has 1 rings (SSSR count). The number of unbranched alkanes of at least 4 members (excludes halogenated alkanes) is 6. The number of ether oxygens (including phenoxy) is 1. The van der Waals surface area contributed by atoms with Crippen LogP contribution in [0.15, 0.2) is 12.1 Å². The Balaban J connectivity index is 2.64. The van der Waals surface area contributed by atoms with Crippen molar-refractivity contribution in [2.45, 2.75) is 79.1 Å². The molecule has 0 radical (unpaired) electrons. The van der Waals surface area contributed by atoms with Crippen molar-refractivity contribution in [3.8, 4) is 0 Å². The summed E-state index contributed by atoms with van der Waals surface area (Å²) in [6.07, 6.45) is 8.58. The molecular formula is C24H37NO4S. The summed E-state index contributed by atoms with van der Waals surface area (Å²) in [5.41, 5.74) is 3.63. The van der Waals surface area contributed by atoms with Crippen molar-refractivity contribution in [3.63, 3.8) is 0 Å². The largest absolute Gasteiger partial charge is 0.468 e. The van der Waals surface area contributed by atoms with Crippen LogP contribution in [0.5, 0.6) is 0 Å². The second-order valence-corrected chi connectivity index (χ2v) is 8.79. The minimum absolute atomic E-state index is 0.0269. The standard InChI is InChI=1S/C24H37NO4S/c1-6-7-8-9-10-11-12-13-23(28)30-17-21(26)25(16-22(27)29-5)24-19(3)15-14-18(2)20(24)4/h14-15H,6-13,16-17H2,1-5H3. The van der Waals surface area contributed by atoms with E-state index in [-0.39, 0.29) is 23.3 Å². The molecule has 0 spiro atoms. The van der Waals surface area contributed by atoms with Gasteiger partial charge < -0.3 is 4.74 Å². The summed E-state index contributed by atoms with van der Waals surface area (Å²) in [7, 11) is 1.31. The van der Waals surface area contributed by atoms with Crippen LogP contribution in [-0.2, 0) is 19.1 Å². The predicted octanol–water partition coefficient (Wildman–Crippen LogP) is 5.52. The number of carbonyl (C=O) groups is 3. The van der Waals surface area contributed by atoms with Gasteiger partial charge in [0.25, 0.3) is 0 Å². The Hall–Kier alpha value is -1.82. The fourth-order valence-electron chi connectivity index (χ4n) is 3.36. The van der Waals surface area contributed by atoms with Crippen molar-refractivity contribution >= 4 is 34.4 Å². The van der Waals surface area contributed by atoms with E-state index in [4.69, 9.17) is 4.74 Å². The molecule has 1 amide bonds. The fraction of sp³-hybridized carbons (Fsp3) is 0.625. The molecule has 168 valence electrons. The Labute approximate surface area is 185 Å². The Morgan fingerprint density at radius 1 is 0.933 bits per heavy atom. The smallest absolute Gasteiger partial charge is 0.325 e. The van der Waals surface area contributed by atoms with Crippen LogP contribution in [0.3, 0.4) is 0 Å². The maximum atomic E-state index is 12.9. The first-order valence-electron chi connectivity index (χ1n) is 10.9. The maximum absolute atomic E-state index is 12.9. The van der Waals surface area contributed by atoms with E-state index >= 15 is 0 Å². The highest BCUT2D eigenvalue weighted by atomic mass is 32.2. The number of rotatable bonds is 13. The van der Waals surface area contributed by atoms with Gasteiger partial charge in [-0.1, -0.05) is 69.3 Å². The molecule has 0 heterocycles. The number of thioether (sulfide) groups is 1. The van der Waals surface area contributed by atoms with Crippen LogP contribution >= 0.6 is 11.8 Å². The predicted molar refractivity (Wildman–Crippen MR) is 125 cm³/mol. The third-order valence-corrected chi connectivity index (χ3v) is 6.25. The van der Waals surface area contributed by atoms with E-state index in [1.165, 1.54) is 37.7 Å². The lowest BCUT2D eigenvalue weighted by molar-refractivity contribution is -0.139. The fourth-order valence-corrected chi connectivity index (χ4v) is 4.09. The van der Waals surface area contributed by atoms with Crippen molar-refractivity contribution in [2.75, 3.05) is 24.3 Å². The molecule has 0 aromatic heterocycles. The van der Waals surface area contributed by atoms with Gasteiger partial charge in [-0.2, -0.15) is 0 Å². The molecule has 0 aliphatic heterocycles. The number of methoxy groups -OCH3 is 1. The van der Waals surface area contributed by atoms with E-state index in [1.54, 1.807) is 0 Å². The Kier molecular flexibility index (Phi) is 12.4. The molecule has 0 saturated heterocycles. The van der Waals surface area contributed by atoms with Crippen molar-refractivity contribution in [3.05, 3.63) is 28.8 Å². The molecule has 1 aromatic rings. The number of benzene rings is 1. The topological polar surface area (TPSA) is 63.7 Å². The van der Waals surface area contributed by atoms with Gasteiger partial charge in [0.05, 0.1) is 18.6 Å². The number of hydrogen-bond acceptors (Lipinski definition) is 5. The summed E-state index contributed by atoms with van der Waals surface area (Å²) in [5, 5.41) is 0.0348. The summed E-state index contributed by atoms with van der Waals surface area (Å²) < 4.78 is 4.78. The molecule has 0 bridgehead atoms. The minimum Gasteiger partial charge on any atom is -0.468 e. The number of anilines is 1. The first-order valence-corrected chi connectivity index (χ1v) is 11.9. The van der Waals surface area contributed by atoms with Gasteiger partial charge in [-0.15, -0.1) is 0 Å². The van der Waals surface area contributed by atoms with Crippen LogP contribution in [0.4, 0.5) is 5.69 Å². The Bertz CT molecular complexity index is 717. The number of aryl methyl sites for hydroxylation is 2. The van der Waals surface area contributed by atoms with E-state index in [0.29, 0.717) is 6.42 Å². The van der Waals surface area contributed by atoms with E-state index in [2.05, 4.69) is 6.92 Å². The molecule has 0 atom stereocenters. The van der Waals surface area contributed by atoms with E-state index < -0.39 is 5.97 Å². The first-order chi connectivity index (χ1) is 14.3. The van der Waals surface area contributed by atoms with E-state index in [1.807, 2.05) is 32.9 Å². The Morgan fingerprint density at radius 2 is 1.53 bits per heavy atom. The molecule has 0 saturated carbocycles. The number of nitrogens with zero attached hydrogens (tertiary/aromatic N) is 1. The van der Waals surface area contributed by atoms with Crippen LogP contribution in [0.1, 0.15) is 75.0 Å². The quantitative estimate of drug-likeness (QED) is 0.302. The van der Waals surface area contributed by atoms with Crippen molar-refractivity contribution in [2.24, 2.45) is 0 Å². The molecule has 0 aliphatic carbocycles. The van der Waals surface area contributed by atoms with Gasteiger partial charge in [-0.25, -0.2) is 0 Å². The van der Waals surface area contributed by atoms with Crippen LogP contribution in [-0.4, -0.2) is 36.4 Å². The summed E-state index contributed by atoms with van der Waals surface area (Å²) in [6, 6.07) is 3.93. The molecule has 5 nitrogen and oxygen atoms in total. The molecule has 0 fully saturated rings. The zero-order valence-corrected chi connectivity index (χ0v) is 20.0. The molecule has 0 aliphatic rings. The van der Waals surface area contributed by atoms with Crippen molar-refractivity contribution < 1.29 is 19.1 Å². The average molecular weight is 436 g/mol. The van der Waals surface area contributed by atoms with Gasteiger partial charge in [0, 0.05) is 6.42 Å². The number of carbonyl (C=O) groups excluding carboxylic acids is 3. The van der Waals surface area contributed by atoms with Crippen LogP contribution < -0.4 is 4.90 Å². The van der Waals surface area contributed by atoms with E-state index in [0.717, 1.165) is 53.4 Å². The number of amides is 1. The van der Waals surface area contributed by atoms with Gasteiger partial charge in [0.2, 0.25) is 5.91 Å². The summed E-state index contributed by atoms with van der Waals surface area (Å²) >= 11 is 1.05. The lowest BCUT2D eigenvalue weighted by atomic mass is 10.0. The van der Waals surface area contributed by atoms with Crippen LogP contribution in [0, 0.1) is 20.8 Å². The number of esters is 1. The first kappa shape index (κ1) is 26.2. The summed E-state index contributed by atoms with van der Waals surface area (Å²) in [5.74, 6) is -0.711. The zero-order chi connectivity index (χ0) is 22.5. The SMILES string of the molecule is CCCCCCCCCC(=O)SCC(=O)N(CC(=O)OC)c1c(C)ccc(C)c1C. The molecule has 0 N–H and O–H groups in total. The van der Waals surface area contributed by atoms with Gasteiger partial charge in [0.15, 0.2) is 5.12 Å². The van der Waals surface area contributed by atoms with Crippen molar-refractivity contribution in [1.29, 1.82) is 0 Å². The second-order valence-electron chi connectivity index (χ2n) is 7.76. The van der Waals surface area contributed by atoms with Crippen LogP contribution in [0.2, 0.25) is 0 Å². The highest BCUT2D eigenvalue weighted by molar-refractivity contribution is 8.14. The summed E-state index contributed by atoms with van der Waals surface area (Å²) in [4.78, 5) is 38.5. The lowest BCUT2D eigenvalue weighted by Gasteiger charge is -2.26. The highest BCUT2D eigenvalue weighted by Crippen LogP contribution is 2.28. The number of hydrogen-bond donors (Lipinski definition) is 0. The molecular weight excluding hydrogens is 398 g/mol. The van der Waals surface area contributed by atoms with Crippen molar-refractivity contribution in [1.82, 2.24) is 0 Å². The third kappa shape index (κ3) is 8.90. The van der Waals surface area contributed by atoms with E-state index in [9.17, 15) is 14.4 Å². The average Bonchev–Trinajstić information content (AvgIpc) is 2.73. The normalized spacial score (nSPS) is 10.7. The van der Waals surface area contributed by atoms with Gasteiger partial charge >= 0.3 is 5.97 Å². The molecule has 0 unspecified atom stereocenters. The monoisotopic (exact) mass is 435 g/mol. The van der Waals surface area contributed by atoms with Gasteiger partial charge in [0.1, 0.15) is 6.54 Å².